The topological polar surface area (TPSA) is 217 Å². The van der Waals surface area contributed by atoms with Gasteiger partial charge in [-0.1, -0.05) is 78.3 Å². The molecule has 0 radical (unpaired) electrons. The van der Waals surface area contributed by atoms with Crippen LogP contribution in [-0.4, -0.2) is 43.5 Å². The zero-order valence-electron chi connectivity index (χ0n) is 33.1. The smallest absolute Gasteiger partial charge is 0.238 e. The van der Waals surface area contributed by atoms with Crippen LogP contribution in [0.15, 0.2) is 131 Å². The molecule has 0 aliphatic carbocycles. The largest absolute Gasteiger partial charge is 0.386 e. The normalized spacial score (nSPS) is 11.8. The SMILES string of the molecule is CC(C)(O)c1cccc(-c2ccc(NC(=O)Cc3ccccc3Cl)cc2S(N)(=O)=O)c1.CC(C)n1cc(-c2ccc(NC(=O)Cc3ccccc3F)cc2S(N)(=O)=O)cn1. The molecule has 0 saturated heterocycles. The number of nitrogens with one attached hydrogen (secondary N) is 2. The molecule has 0 unspecified atom stereocenters. The summed E-state index contributed by atoms with van der Waals surface area (Å²) < 4.78 is 64.2. The van der Waals surface area contributed by atoms with Gasteiger partial charge in [0.25, 0.3) is 0 Å². The molecule has 0 atom stereocenters. The number of halogens is 2. The van der Waals surface area contributed by atoms with Gasteiger partial charge in [-0.2, -0.15) is 5.10 Å². The van der Waals surface area contributed by atoms with Crippen molar-refractivity contribution in [3.05, 3.63) is 149 Å². The van der Waals surface area contributed by atoms with Crippen molar-refractivity contribution in [1.29, 1.82) is 0 Å². The molecule has 0 aliphatic heterocycles. The molecule has 7 N–H and O–H groups in total. The standard InChI is InChI=1S/C23H23ClN2O4S.C20H21FN4O3S/c1-23(2,28)17-8-5-7-15(12-17)19-11-10-18(14-21(19)31(25,29)30)26-22(27)13-16-6-3-4-9-20(16)24;1-13(2)25-12-15(11-23-25)17-8-7-16(10-19(17)29(22,27)28)24-20(26)9-14-5-3-4-6-18(14)21/h3-12,14,28H,13H2,1-2H3,(H,26,27)(H2,25,29,30);3-8,10-13H,9H2,1-2H3,(H,24,26)(H2,22,27,28). The van der Waals surface area contributed by atoms with Gasteiger partial charge in [0.2, 0.25) is 31.9 Å². The van der Waals surface area contributed by atoms with Crippen LogP contribution in [0.2, 0.25) is 5.02 Å². The van der Waals surface area contributed by atoms with Crippen molar-refractivity contribution in [3.8, 4) is 22.3 Å². The Labute approximate surface area is 353 Å². The number of hydrogen-bond donors (Lipinski definition) is 5. The van der Waals surface area contributed by atoms with E-state index in [4.69, 9.17) is 21.9 Å². The fourth-order valence-electron chi connectivity index (χ4n) is 6.01. The van der Waals surface area contributed by atoms with Gasteiger partial charge in [-0.25, -0.2) is 31.5 Å². The Morgan fingerprint density at radius 3 is 1.77 bits per heavy atom. The third-order valence-corrected chi connectivity index (χ3v) is 11.4. The van der Waals surface area contributed by atoms with Gasteiger partial charge in [0.15, 0.2) is 0 Å². The van der Waals surface area contributed by atoms with E-state index in [1.165, 1.54) is 30.3 Å². The number of aliphatic hydroxyl groups is 1. The summed E-state index contributed by atoms with van der Waals surface area (Å²) in [6.45, 7) is 7.19. The Morgan fingerprint density at radius 1 is 0.750 bits per heavy atom. The highest BCUT2D eigenvalue weighted by molar-refractivity contribution is 7.89. The van der Waals surface area contributed by atoms with E-state index in [0.717, 1.165) is 0 Å². The predicted octanol–water partition coefficient (Wildman–Crippen LogP) is 7.16. The summed E-state index contributed by atoms with van der Waals surface area (Å²) in [6, 6.07) is 28.9. The van der Waals surface area contributed by atoms with Crippen LogP contribution in [0, 0.1) is 5.82 Å². The second kappa shape index (κ2) is 18.7. The van der Waals surface area contributed by atoms with E-state index in [1.54, 1.807) is 110 Å². The Balaban J connectivity index is 0.000000228. The van der Waals surface area contributed by atoms with Crippen LogP contribution in [0.4, 0.5) is 15.8 Å². The Bertz CT molecular complexity index is 2770. The molecule has 6 rings (SSSR count). The van der Waals surface area contributed by atoms with Gasteiger partial charge in [-0.3, -0.25) is 14.3 Å². The zero-order chi connectivity index (χ0) is 44.0. The van der Waals surface area contributed by atoms with Crippen molar-refractivity contribution in [2.75, 3.05) is 10.6 Å². The molecule has 0 fully saturated rings. The van der Waals surface area contributed by atoms with Gasteiger partial charge in [0, 0.05) is 45.3 Å². The summed E-state index contributed by atoms with van der Waals surface area (Å²) in [6.07, 6.45) is 3.14. The molecule has 0 spiro atoms. The lowest BCUT2D eigenvalue weighted by molar-refractivity contribution is -0.116. The number of amides is 2. The third kappa shape index (κ3) is 11.9. The van der Waals surface area contributed by atoms with Crippen LogP contribution in [0.1, 0.15) is 50.4 Å². The minimum atomic E-state index is -4.09. The maximum atomic E-state index is 13.7. The van der Waals surface area contributed by atoms with Crippen molar-refractivity contribution in [1.82, 2.24) is 9.78 Å². The predicted molar refractivity (Wildman–Crippen MR) is 230 cm³/mol. The molecular formula is C43H44ClFN6O7S2. The molecule has 0 bridgehead atoms. The van der Waals surface area contributed by atoms with Crippen LogP contribution in [0.5, 0.6) is 0 Å². The summed E-state index contributed by atoms with van der Waals surface area (Å²) in [7, 11) is -8.15. The first-order valence-electron chi connectivity index (χ1n) is 18.4. The van der Waals surface area contributed by atoms with Crippen LogP contribution in [-0.2, 0) is 48.1 Å². The van der Waals surface area contributed by atoms with E-state index >= 15 is 0 Å². The van der Waals surface area contributed by atoms with Crippen LogP contribution < -0.4 is 20.9 Å². The summed E-state index contributed by atoms with van der Waals surface area (Å²) in [5.41, 5.74) is 2.91. The highest BCUT2D eigenvalue weighted by Gasteiger charge is 2.22. The number of aromatic nitrogens is 2. The first-order valence-corrected chi connectivity index (χ1v) is 21.8. The Morgan fingerprint density at radius 2 is 1.27 bits per heavy atom. The average molecular weight is 875 g/mol. The first-order chi connectivity index (χ1) is 28.1. The molecule has 314 valence electrons. The molecule has 0 aliphatic rings. The fourth-order valence-corrected chi connectivity index (χ4v) is 7.78. The second-order valence-corrected chi connectivity index (χ2v) is 18.1. The van der Waals surface area contributed by atoms with Crippen LogP contribution in [0.25, 0.3) is 22.3 Å². The lowest BCUT2D eigenvalue weighted by Gasteiger charge is -2.19. The number of rotatable bonds is 12. The molecule has 60 heavy (non-hydrogen) atoms. The summed E-state index contributed by atoms with van der Waals surface area (Å²) in [5, 5.41) is 31.1. The summed E-state index contributed by atoms with van der Waals surface area (Å²) in [5.74, 6) is -1.30. The number of carbonyl (C=O) groups is 2. The van der Waals surface area contributed by atoms with E-state index < -0.39 is 37.4 Å². The number of carbonyl (C=O) groups excluding carboxylic acids is 2. The quantitative estimate of drug-likeness (QED) is 0.0848. The van der Waals surface area contributed by atoms with Crippen molar-refractivity contribution >= 4 is 54.8 Å². The van der Waals surface area contributed by atoms with E-state index in [2.05, 4.69) is 15.7 Å². The number of primary sulfonamides is 2. The molecule has 17 heteroatoms. The van der Waals surface area contributed by atoms with Gasteiger partial charge in [0.1, 0.15) is 5.82 Å². The van der Waals surface area contributed by atoms with Crippen molar-refractivity contribution < 1.29 is 35.9 Å². The average Bonchev–Trinajstić information content (AvgIpc) is 3.67. The number of nitrogens with two attached hydrogens (primary N) is 2. The second-order valence-electron chi connectivity index (χ2n) is 14.6. The number of sulfonamides is 2. The number of hydrogen-bond acceptors (Lipinski definition) is 8. The zero-order valence-corrected chi connectivity index (χ0v) is 35.4. The molecule has 13 nitrogen and oxygen atoms in total. The van der Waals surface area contributed by atoms with Gasteiger partial charge in [0.05, 0.1) is 34.4 Å². The minimum absolute atomic E-state index is 0.0414. The van der Waals surface area contributed by atoms with Crippen LogP contribution >= 0.6 is 11.6 Å². The van der Waals surface area contributed by atoms with Gasteiger partial charge in [-0.15, -0.1) is 0 Å². The highest BCUT2D eigenvalue weighted by atomic mass is 35.5. The van der Waals surface area contributed by atoms with Gasteiger partial charge >= 0.3 is 0 Å². The Hall–Kier alpha value is -5.75. The summed E-state index contributed by atoms with van der Waals surface area (Å²) in [4.78, 5) is 24.4. The first kappa shape index (κ1) is 45.3. The molecule has 2 amide bonds. The molecule has 1 aromatic heterocycles. The Kier molecular flexibility index (Phi) is 14.1. The van der Waals surface area contributed by atoms with E-state index in [-0.39, 0.29) is 45.8 Å². The number of nitrogens with zero attached hydrogens (tertiary/aromatic N) is 2. The lowest BCUT2D eigenvalue weighted by Crippen LogP contribution is -2.17. The van der Waals surface area contributed by atoms with Gasteiger partial charge in [-0.05, 0) is 92.4 Å². The lowest BCUT2D eigenvalue weighted by atomic mass is 9.94. The van der Waals surface area contributed by atoms with E-state index in [1.807, 2.05) is 13.8 Å². The monoisotopic (exact) mass is 874 g/mol. The number of anilines is 2. The molecule has 5 aromatic carbocycles. The minimum Gasteiger partial charge on any atom is -0.386 e. The van der Waals surface area contributed by atoms with Crippen LogP contribution in [0.3, 0.4) is 0 Å². The van der Waals surface area contributed by atoms with Gasteiger partial charge < -0.3 is 15.7 Å². The fraction of sp³-hybridized carbons (Fsp3) is 0.186. The molecule has 0 saturated carbocycles. The van der Waals surface area contributed by atoms with E-state index in [0.29, 0.717) is 44.1 Å². The summed E-state index contributed by atoms with van der Waals surface area (Å²) >= 11 is 6.10. The number of benzene rings is 5. The third-order valence-electron chi connectivity index (χ3n) is 9.08. The maximum absolute atomic E-state index is 13.7. The highest BCUT2D eigenvalue weighted by Crippen LogP contribution is 2.33. The van der Waals surface area contributed by atoms with Crippen molar-refractivity contribution in [2.45, 2.75) is 62.0 Å². The molecular weight excluding hydrogens is 831 g/mol. The van der Waals surface area contributed by atoms with E-state index in [9.17, 15) is 35.9 Å². The maximum Gasteiger partial charge on any atom is 0.238 e. The molecule has 6 aromatic rings. The van der Waals surface area contributed by atoms with Crippen molar-refractivity contribution in [2.24, 2.45) is 10.3 Å². The van der Waals surface area contributed by atoms with Crippen molar-refractivity contribution in [3.63, 3.8) is 0 Å². The molecule has 1 heterocycles.